The highest BCUT2D eigenvalue weighted by atomic mass is 19.1. The van der Waals surface area contributed by atoms with Gasteiger partial charge in [0, 0.05) is 36.7 Å². The van der Waals surface area contributed by atoms with E-state index in [-0.39, 0.29) is 24.2 Å². The molecular formula is C24H33FN4O3. The number of aromatic nitrogens is 3. The topological polar surface area (TPSA) is 72.5 Å². The van der Waals surface area contributed by atoms with E-state index in [2.05, 4.69) is 10.00 Å². The third-order valence-electron chi connectivity index (χ3n) is 7.29. The number of hydrogen-bond donors (Lipinski definition) is 1. The molecule has 5 rings (SSSR count). The molecule has 8 heteroatoms. The fourth-order valence-corrected chi connectivity index (χ4v) is 5.50. The number of piperidine rings is 1. The molecule has 3 fully saturated rings. The van der Waals surface area contributed by atoms with Crippen LogP contribution in [0.1, 0.15) is 62.8 Å². The zero-order chi connectivity index (χ0) is 22.2. The van der Waals surface area contributed by atoms with Crippen molar-refractivity contribution in [3.8, 4) is 0 Å². The maximum Gasteiger partial charge on any atom is 0.346 e. The van der Waals surface area contributed by atoms with Crippen LogP contribution in [-0.4, -0.2) is 55.2 Å². The van der Waals surface area contributed by atoms with Gasteiger partial charge in [-0.25, -0.2) is 13.9 Å². The Balaban J connectivity index is 1.17. The first-order valence-electron chi connectivity index (χ1n) is 12.0. The van der Waals surface area contributed by atoms with Crippen molar-refractivity contribution in [2.24, 2.45) is 0 Å². The second-order valence-electron chi connectivity index (χ2n) is 9.57. The minimum atomic E-state index is -0.640. The normalized spacial score (nSPS) is 26.5. The minimum Gasteiger partial charge on any atom is -0.390 e. The quantitative estimate of drug-likeness (QED) is 0.644. The van der Waals surface area contributed by atoms with Crippen LogP contribution in [0.3, 0.4) is 0 Å². The molecule has 2 aliphatic heterocycles. The molecule has 3 unspecified atom stereocenters. The highest BCUT2D eigenvalue weighted by Gasteiger charge is 2.42. The largest absolute Gasteiger partial charge is 0.390 e. The number of aliphatic hydroxyl groups excluding tert-OH is 1. The van der Waals surface area contributed by atoms with Gasteiger partial charge in [0.15, 0.2) is 0 Å². The van der Waals surface area contributed by atoms with Crippen molar-refractivity contribution in [3.05, 3.63) is 52.0 Å². The number of ether oxygens (including phenoxy) is 1. The lowest BCUT2D eigenvalue weighted by molar-refractivity contribution is -0.0408. The molecule has 3 aliphatic rings. The van der Waals surface area contributed by atoms with E-state index >= 15 is 0 Å². The standard InChI is InChI=1S/C24H33FN4O3/c1-2-27-23(16-7-8-16)26-29(24(27)31)14-20(30)13-28-18-9-10-19(28)12-21(11-18)32-15-17-5-3-4-6-22(17)25/h3-6,16,18-21,30H,2,7-15H2,1H3. The Labute approximate surface area is 187 Å². The van der Waals surface area contributed by atoms with Crippen molar-refractivity contribution >= 4 is 0 Å². The predicted molar refractivity (Wildman–Crippen MR) is 118 cm³/mol. The fraction of sp³-hybridized carbons (Fsp3) is 0.667. The number of halogens is 1. The molecule has 1 aliphatic carbocycles. The second kappa shape index (κ2) is 9.08. The molecule has 0 amide bonds. The average molecular weight is 445 g/mol. The number of rotatable bonds is 9. The molecule has 2 bridgehead atoms. The van der Waals surface area contributed by atoms with E-state index in [4.69, 9.17) is 4.74 Å². The Hall–Kier alpha value is -2.03. The van der Waals surface area contributed by atoms with Crippen LogP contribution in [0.25, 0.3) is 0 Å². The maximum absolute atomic E-state index is 13.9. The van der Waals surface area contributed by atoms with Crippen LogP contribution in [0.5, 0.6) is 0 Å². The monoisotopic (exact) mass is 444 g/mol. The summed E-state index contributed by atoms with van der Waals surface area (Å²) in [5, 5.41) is 15.3. The van der Waals surface area contributed by atoms with Crippen molar-refractivity contribution in [3.63, 3.8) is 0 Å². The highest BCUT2D eigenvalue weighted by Crippen LogP contribution is 2.39. The number of fused-ring (bicyclic) bond motifs is 2. The van der Waals surface area contributed by atoms with E-state index < -0.39 is 6.10 Å². The molecule has 7 nitrogen and oxygen atoms in total. The molecule has 1 saturated carbocycles. The van der Waals surface area contributed by atoms with E-state index in [0.29, 0.717) is 43.3 Å². The second-order valence-corrected chi connectivity index (χ2v) is 9.57. The molecule has 1 aromatic heterocycles. The number of aliphatic hydroxyl groups is 1. The lowest BCUT2D eigenvalue weighted by Gasteiger charge is -2.39. The SMILES string of the molecule is CCn1c(C2CC2)nn(CC(O)CN2C3CCC2CC(OCc2ccccc2F)C3)c1=O. The maximum atomic E-state index is 13.9. The Kier molecular flexibility index (Phi) is 6.18. The van der Waals surface area contributed by atoms with Gasteiger partial charge in [0.25, 0.3) is 0 Å². The molecule has 3 heterocycles. The van der Waals surface area contributed by atoms with Crippen LogP contribution in [0, 0.1) is 5.82 Å². The molecule has 0 spiro atoms. The third kappa shape index (κ3) is 4.40. The van der Waals surface area contributed by atoms with Gasteiger partial charge < -0.3 is 9.84 Å². The fourth-order valence-electron chi connectivity index (χ4n) is 5.50. The van der Waals surface area contributed by atoms with Gasteiger partial charge in [-0.15, -0.1) is 0 Å². The molecule has 2 saturated heterocycles. The molecule has 32 heavy (non-hydrogen) atoms. The third-order valence-corrected chi connectivity index (χ3v) is 7.29. The summed E-state index contributed by atoms with van der Waals surface area (Å²) in [4.78, 5) is 15.1. The molecular weight excluding hydrogens is 411 g/mol. The van der Waals surface area contributed by atoms with Crippen LogP contribution >= 0.6 is 0 Å². The molecule has 1 aromatic carbocycles. The molecule has 174 valence electrons. The summed E-state index contributed by atoms with van der Waals surface area (Å²) in [6, 6.07) is 7.48. The van der Waals surface area contributed by atoms with Gasteiger partial charge in [-0.3, -0.25) is 9.47 Å². The van der Waals surface area contributed by atoms with Gasteiger partial charge in [0.05, 0.1) is 25.4 Å². The van der Waals surface area contributed by atoms with Gasteiger partial charge in [0.1, 0.15) is 11.6 Å². The Morgan fingerprint density at radius 3 is 2.53 bits per heavy atom. The predicted octanol–water partition coefficient (Wildman–Crippen LogP) is 2.65. The van der Waals surface area contributed by atoms with Gasteiger partial charge in [0.2, 0.25) is 0 Å². The average Bonchev–Trinajstić information content (AvgIpc) is 3.54. The first-order valence-corrected chi connectivity index (χ1v) is 12.0. The number of hydrogen-bond acceptors (Lipinski definition) is 5. The Morgan fingerprint density at radius 2 is 1.88 bits per heavy atom. The molecule has 0 radical (unpaired) electrons. The summed E-state index contributed by atoms with van der Waals surface area (Å²) >= 11 is 0. The van der Waals surface area contributed by atoms with Crippen molar-refractivity contribution in [2.75, 3.05) is 6.54 Å². The minimum absolute atomic E-state index is 0.114. The van der Waals surface area contributed by atoms with Crippen LogP contribution in [0.4, 0.5) is 4.39 Å². The smallest absolute Gasteiger partial charge is 0.346 e. The number of nitrogens with zero attached hydrogens (tertiary/aromatic N) is 4. The zero-order valence-corrected chi connectivity index (χ0v) is 18.7. The highest BCUT2D eigenvalue weighted by molar-refractivity contribution is 5.16. The van der Waals surface area contributed by atoms with E-state index in [9.17, 15) is 14.3 Å². The Morgan fingerprint density at radius 1 is 1.16 bits per heavy atom. The van der Waals surface area contributed by atoms with Crippen molar-refractivity contribution in [2.45, 2.75) is 95.4 Å². The molecule has 1 N–H and O–H groups in total. The van der Waals surface area contributed by atoms with Crippen molar-refractivity contribution in [1.29, 1.82) is 0 Å². The summed E-state index contributed by atoms with van der Waals surface area (Å²) < 4.78 is 23.1. The summed E-state index contributed by atoms with van der Waals surface area (Å²) in [5.41, 5.74) is 0.483. The molecule has 2 aromatic rings. The first kappa shape index (κ1) is 21.8. The van der Waals surface area contributed by atoms with Crippen LogP contribution < -0.4 is 5.69 Å². The van der Waals surface area contributed by atoms with E-state index in [0.717, 1.165) is 44.3 Å². The summed E-state index contributed by atoms with van der Waals surface area (Å²) in [6.07, 6.45) is 5.64. The van der Waals surface area contributed by atoms with Gasteiger partial charge >= 0.3 is 5.69 Å². The Bertz CT molecular complexity index is 987. The van der Waals surface area contributed by atoms with E-state index in [1.165, 1.54) is 10.7 Å². The van der Waals surface area contributed by atoms with E-state index in [1.807, 2.05) is 13.0 Å². The van der Waals surface area contributed by atoms with Crippen molar-refractivity contribution < 1.29 is 14.2 Å². The van der Waals surface area contributed by atoms with Crippen LogP contribution in [0.15, 0.2) is 29.1 Å². The summed E-state index contributed by atoms with van der Waals surface area (Å²) in [7, 11) is 0. The summed E-state index contributed by atoms with van der Waals surface area (Å²) in [5.74, 6) is 1.06. The van der Waals surface area contributed by atoms with Crippen LogP contribution in [0.2, 0.25) is 0 Å². The summed E-state index contributed by atoms with van der Waals surface area (Å²) in [6.45, 7) is 3.65. The van der Waals surface area contributed by atoms with E-state index in [1.54, 1.807) is 16.7 Å². The lowest BCUT2D eigenvalue weighted by Crippen LogP contribution is -2.49. The lowest BCUT2D eigenvalue weighted by atomic mass is 9.99. The molecule has 3 atom stereocenters. The zero-order valence-electron chi connectivity index (χ0n) is 18.7. The van der Waals surface area contributed by atoms with Crippen molar-refractivity contribution in [1.82, 2.24) is 19.2 Å². The van der Waals surface area contributed by atoms with Gasteiger partial charge in [-0.2, -0.15) is 5.10 Å². The van der Waals surface area contributed by atoms with Gasteiger partial charge in [-0.05, 0) is 51.5 Å². The van der Waals surface area contributed by atoms with Crippen LogP contribution in [-0.2, 0) is 24.4 Å². The van der Waals surface area contributed by atoms with Gasteiger partial charge in [-0.1, -0.05) is 18.2 Å². The first-order chi connectivity index (χ1) is 15.5. The number of benzene rings is 1.